The Labute approximate surface area is 201 Å². The molecule has 0 bridgehead atoms. The number of ether oxygens (including phenoxy) is 1. The number of nitrogens with one attached hydrogen (secondary N) is 4. The maximum atomic E-state index is 15.2. The van der Waals surface area contributed by atoms with Crippen LogP contribution in [0.25, 0.3) is 17.0 Å². The van der Waals surface area contributed by atoms with Crippen molar-refractivity contribution < 1.29 is 14.2 Å². The summed E-state index contributed by atoms with van der Waals surface area (Å²) >= 11 is 0. The first kappa shape index (κ1) is 22.8. The smallest absolute Gasteiger partial charge is 0.326 e. The molecule has 4 heterocycles. The zero-order valence-electron chi connectivity index (χ0n) is 19.5. The van der Waals surface area contributed by atoms with Gasteiger partial charge in [-0.3, -0.25) is 5.10 Å². The van der Waals surface area contributed by atoms with Gasteiger partial charge in [-0.05, 0) is 38.1 Å². The average molecular weight is 479 g/mol. The predicted molar refractivity (Wildman–Crippen MR) is 133 cm³/mol. The summed E-state index contributed by atoms with van der Waals surface area (Å²) in [6, 6.07) is 8.60. The molecule has 1 fully saturated rings. The number of nitrogens with zero attached hydrogens (tertiary/aromatic N) is 4. The first-order chi connectivity index (χ1) is 17.0. The number of aliphatic hydroxyl groups excluding tert-OH is 1. The molecule has 0 amide bonds. The van der Waals surface area contributed by atoms with Gasteiger partial charge in [0.25, 0.3) is 0 Å². The molecule has 1 aliphatic heterocycles. The number of benzene rings is 1. The van der Waals surface area contributed by atoms with Crippen molar-refractivity contribution in [3.63, 3.8) is 0 Å². The zero-order chi connectivity index (χ0) is 24.4. The molecule has 182 valence electrons. The summed E-state index contributed by atoms with van der Waals surface area (Å²) in [6.07, 6.45) is 3.81. The molecule has 1 atom stereocenters. The molecule has 4 aromatic rings. The molecule has 0 spiro atoms. The quantitative estimate of drug-likeness (QED) is 0.273. The van der Waals surface area contributed by atoms with Crippen LogP contribution in [-0.2, 0) is 0 Å². The molecule has 1 unspecified atom stereocenters. The summed E-state index contributed by atoms with van der Waals surface area (Å²) in [5.41, 5.74) is 2.38. The van der Waals surface area contributed by atoms with Crippen molar-refractivity contribution in [3.8, 4) is 11.8 Å². The fraction of sp³-hybridized carbons (Fsp3) is 0.292. The van der Waals surface area contributed by atoms with Gasteiger partial charge in [-0.2, -0.15) is 15.1 Å². The highest BCUT2D eigenvalue weighted by Gasteiger charge is 2.22. The van der Waals surface area contributed by atoms with E-state index in [0.717, 1.165) is 11.4 Å². The number of rotatable bonds is 7. The van der Waals surface area contributed by atoms with Gasteiger partial charge in [0, 0.05) is 54.4 Å². The van der Waals surface area contributed by atoms with Crippen LogP contribution in [-0.4, -0.2) is 62.5 Å². The van der Waals surface area contributed by atoms with Crippen molar-refractivity contribution in [2.45, 2.75) is 19.9 Å². The van der Waals surface area contributed by atoms with Gasteiger partial charge >= 0.3 is 6.01 Å². The second-order valence-corrected chi connectivity index (χ2v) is 8.40. The minimum absolute atomic E-state index is 0.00111. The van der Waals surface area contributed by atoms with Gasteiger partial charge in [-0.1, -0.05) is 6.08 Å². The maximum absolute atomic E-state index is 15.2. The topological polar surface area (TPSA) is 127 Å². The minimum atomic E-state index is -0.485. The number of piperazine rings is 1. The fourth-order valence-electron chi connectivity index (χ4n) is 4.10. The van der Waals surface area contributed by atoms with E-state index in [9.17, 15) is 5.11 Å². The minimum Gasteiger partial charge on any atom is -0.421 e. The number of aromatic nitrogens is 5. The molecule has 1 aliphatic rings. The van der Waals surface area contributed by atoms with Crippen molar-refractivity contribution in [1.29, 1.82) is 0 Å². The van der Waals surface area contributed by atoms with Crippen LogP contribution in [0.2, 0.25) is 0 Å². The second kappa shape index (κ2) is 9.72. The fourth-order valence-corrected chi connectivity index (χ4v) is 4.10. The van der Waals surface area contributed by atoms with E-state index in [0.29, 0.717) is 48.0 Å². The highest BCUT2D eigenvalue weighted by molar-refractivity contribution is 5.82. The summed E-state index contributed by atoms with van der Waals surface area (Å²) in [7, 11) is 0. The Morgan fingerprint density at radius 2 is 2.14 bits per heavy atom. The lowest BCUT2D eigenvalue weighted by atomic mass is 10.2. The summed E-state index contributed by atoms with van der Waals surface area (Å²) in [5, 5.41) is 23.6. The number of hydrogen-bond donors (Lipinski definition) is 5. The molecular weight excluding hydrogens is 451 g/mol. The Bertz CT molecular complexity index is 1370. The number of hydrogen-bond acceptors (Lipinski definition) is 8. The Balaban J connectivity index is 1.49. The van der Waals surface area contributed by atoms with Crippen LogP contribution < -0.4 is 20.3 Å². The van der Waals surface area contributed by atoms with Crippen LogP contribution in [0.3, 0.4) is 0 Å². The number of aryl methyl sites for hydroxylation is 1. The molecule has 0 saturated carbocycles. The average Bonchev–Trinajstić information content (AvgIpc) is 3.47. The molecule has 0 radical (unpaired) electrons. The zero-order valence-corrected chi connectivity index (χ0v) is 19.5. The molecule has 10 nitrogen and oxygen atoms in total. The summed E-state index contributed by atoms with van der Waals surface area (Å²) in [6.45, 7) is 5.74. The monoisotopic (exact) mass is 478 g/mol. The third-order valence-corrected chi connectivity index (χ3v) is 5.73. The van der Waals surface area contributed by atoms with E-state index >= 15 is 4.39 Å². The van der Waals surface area contributed by atoms with Gasteiger partial charge < -0.3 is 30.4 Å². The largest absolute Gasteiger partial charge is 0.421 e. The van der Waals surface area contributed by atoms with Crippen molar-refractivity contribution in [3.05, 3.63) is 53.6 Å². The number of fused-ring (bicyclic) bond motifs is 1. The predicted octanol–water partition coefficient (Wildman–Crippen LogP) is 3.47. The second-order valence-electron chi connectivity index (χ2n) is 8.40. The van der Waals surface area contributed by atoms with Gasteiger partial charge in [0.05, 0.1) is 12.3 Å². The first-order valence-corrected chi connectivity index (χ1v) is 11.4. The van der Waals surface area contributed by atoms with Crippen LogP contribution in [0, 0.1) is 12.7 Å². The lowest BCUT2D eigenvalue weighted by Gasteiger charge is -2.33. The van der Waals surface area contributed by atoms with E-state index in [1.807, 2.05) is 37.0 Å². The standard InChI is InChI=1S/C24H27FN8O2/c1-3-4-15-10-21(32-31-15)28-20-11-22(33-8-7-26-16(12-33)13-34)30-24(29-20)35-19-6-5-18-17(23(19)25)9-14(2)27-18/h3-6,9-11,16,26-27,34H,7-8,12-13H2,1-2H3,(H2,28,29,30,31,32)/b4-3+. The van der Waals surface area contributed by atoms with Crippen molar-refractivity contribution >= 4 is 34.4 Å². The summed E-state index contributed by atoms with van der Waals surface area (Å²) in [5.74, 6) is 1.16. The number of allylic oxidation sites excluding steroid dienone is 1. The Morgan fingerprint density at radius 3 is 2.97 bits per heavy atom. The number of H-pyrrole nitrogens is 2. The third-order valence-electron chi connectivity index (χ3n) is 5.73. The third kappa shape index (κ3) is 4.96. The van der Waals surface area contributed by atoms with E-state index < -0.39 is 5.82 Å². The van der Waals surface area contributed by atoms with Crippen molar-refractivity contribution in [2.24, 2.45) is 0 Å². The Kier molecular flexibility index (Phi) is 6.34. The molecule has 35 heavy (non-hydrogen) atoms. The van der Waals surface area contributed by atoms with E-state index in [1.165, 1.54) is 0 Å². The first-order valence-electron chi connectivity index (χ1n) is 11.4. The molecule has 3 aromatic heterocycles. The SMILES string of the molecule is C/C=C/c1cc(Nc2cc(N3CCNC(CO)C3)nc(Oc3ccc4[nH]c(C)cc4c3F)n2)n[nH]1. The van der Waals surface area contributed by atoms with Gasteiger partial charge in [0.1, 0.15) is 11.6 Å². The number of anilines is 3. The van der Waals surface area contributed by atoms with Gasteiger partial charge in [0.2, 0.25) is 0 Å². The molecule has 1 aromatic carbocycles. The summed E-state index contributed by atoms with van der Waals surface area (Å²) < 4.78 is 21.0. The number of halogens is 1. The number of aliphatic hydroxyl groups is 1. The van der Waals surface area contributed by atoms with Crippen LogP contribution in [0.4, 0.5) is 21.8 Å². The van der Waals surface area contributed by atoms with E-state index in [4.69, 9.17) is 4.74 Å². The summed E-state index contributed by atoms with van der Waals surface area (Å²) in [4.78, 5) is 14.2. The molecule has 1 saturated heterocycles. The molecule has 11 heteroatoms. The Hall–Kier alpha value is -3.96. The van der Waals surface area contributed by atoms with Crippen LogP contribution in [0.15, 0.2) is 36.4 Å². The van der Waals surface area contributed by atoms with Crippen molar-refractivity contribution in [1.82, 2.24) is 30.5 Å². The Morgan fingerprint density at radius 1 is 1.26 bits per heavy atom. The van der Waals surface area contributed by atoms with Gasteiger partial charge in [-0.25, -0.2) is 4.39 Å². The van der Waals surface area contributed by atoms with Gasteiger partial charge in [-0.15, -0.1) is 0 Å². The highest BCUT2D eigenvalue weighted by Crippen LogP contribution is 2.31. The van der Waals surface area contributed by atoms with Crippen LogP contribution in [0.5, 0.6) is 11.8 Å². The number of aromatic amines is 2. The van der Waals surface area contributed by atoms with E-state index in [-0.39, 0.29) is 24.4 Å². The lowest BCUT2D eigenvalue weighted by Crippen LogP contribution is -2.52. The molecule has 5 N–H and O–H groups in total. The van der Waals surface area contributed by atoms with Gasteiger partial charge in [0.15, 0.2) is 17.4 Å². The maximum Gasteiger partial charge on any atom is 0.326 e. The van der Waals surface area contributed by atoms with Crippen LogP contribution in [0.1, 0.15) is 18.3 Å². The molecular formula is C24H27FN8O2. The van der Waals surface area contributed by atoms with E-state index in [1.54, 1.807) is 24.3 Å². The lowest BCUT2D eigenvalue weighted by molar-refractivity contribution is 0.235. The van der Waals surface area contributed by atoms with E-state index in [2.05, 4.69) is 35.8 Å². The van der Waals surface area contributed by atoms with Crippen LogP contribution >= 0.6 is 0 Å². The molecule has 0 aliphatic carbocycles. The van der Waals surface area contributed by atoms with Crippen molar-refractivity contribution in [2.75, 3.05) is 36.5 Å². The normalized spacial score (nSPS) is 16.3. The highest BCUT2D eigenvalue weighted by atomic mass is 19.1. The molecule has 5 rings (SSSR count).